The Balaban J connectivity index is 1.83. The molecule has 0 radical (unpaired) electrons. The summed E-state index contributed by atoms with van der Waals surface area (Å²) in [6, 6.07) is 10.1. The Hall–Kier alpha value is -1.65. The number of aromatic nitrogens is 2. The van der Waals surface area contributed by atoms with Gasteiger partial charge in [0.15, 0.2) is 0 Å². The molecule has 20 heavy (non-hydrogen) atoms. The largest absolute Gasteiger partial charge is 0.396 e. The molecule has 0 unspecified atom stereocenters. The summed E-state index contributed by atoms with van der Waals surface area (Å²) in [5, 5.41) is 13.2. The molecule has 1 aromatic carbocycles. The molecule has 2 rings (SSSR count). The van der Waals surface area contributed by atoms with E-state index in [2.05, 4.69) is 35.4 Å². The Kier molecular flexibility index (Phi) is 5.77. The molecule has 0 fully saturated rings. The van der Waals surface area contributed by atoms with E-state index in [-0.39, 0.29) is 0 Å². The van der Waals surface area contributed by atoms with Gasteiger partial charge in [-0.05, 0) is 45.0 Å². The molecular formula is C16H23N3O. The predicted molar refractivity (Wildman–Crippen MR) is 80.8 cm³/mol. The van der Waals surface area contributed by atoms with Crippen molar-refractivity contribution in [1.29, 1.82) is 0 Å². The van der Waals surface area contributed by atoms with Gasteiger partial charge in [-0.15, -0.1) is 0 Å². The third-order valence-electron chi connectivity index (χ3n) is 3.31. The van der Waals surface area contributed by atoms with Crippen LogP contribution in [-0.4, -0.2) is 40.0 Å². The molecule has 1 heterocycles. The van der Waals surface area contributed by atoms with Crippen LogP contribution in [0.15, 0.2) is 42.7 Å². The Labute approximate surface area is 120 Å². The summed E-state index contributed by atoms with van der Waals surface area (Å²) in [4.78, 5) is 2.30. The van der Waals surface area contributed by atoms with Crippen LogP contribution in [0.2, 0.25) is 0 Å². The molecule has 0 spiro atoms. The van der Waals surface area contributed by atoms with Gasteiger partial charge in [0.1, 0.15) is 0 Å². The van der Waals surface area contributed by atoms with Gasteiger partial charge in [0.2, 0.25) is 0 Å². The summed E-state index contributed by atoms with van der Waals surface area (Å²) < 4.78 is 1.91. The van der Waals surface area contributed by atoms with Crippen LogP contribution >= 0.6 is 0 Å². The van der Waals surface area contributed by atoms with E-state index in [0.29, 0.717) is 6.61 Å². The van der Waals surface area contributed by atoms with Crippen molar-refractivity contribution in [3.05, 3.63) is 48.3 Å². The van der Waals surface area contributed by atoms with Gasteiger partial charge in [0.05, 0.1) is 11.9 Å². The molecule has 2 aromatic rings. The van der Waals surface area contributed by atoms with Crippen LogP contribution in [0, 0.1) is 0 Å². The van der Waals surface area contributed by atoms with Gasteiger partial charge >= 0.3 is 0 Å². The Morgan fingerprint density at radius 1 is 1.15 bits per heavy atom. The molecule has 0 aliphatic rings. The molecule has 0 aliphatic carbocycles. The van der Waals surface area contributed by atoms with Crippen LogP contribution in [0.4, 0.5) is 0 Å². The monoisotopic (exact) mass is 273 g/mol. The van der Waals surface area contributed by atoms with E-state index in [1.807, 2.05) is 29.1 Å². The lowest BCUT2D eigenvalue weighted by Crippen LogP contribution is -2.18. The second-order valence-corrected chi connectivity index (χ2v) is 5.15. The van der Waals surface area contributed by atoms with Crippen molar-refractivity contribution in [2.24, 2.45) is 0 Å². The zero-order valence-electron chi connectivity index (χ0n) is 12.1. The number of aliphatic hydroxyl groups is 1. The van der Waals surface area contributed by atoms with E-state index in [9.17, 15) is 0 Å². The van der Waals surface area contributed by atoms with Crippen LogP contribution in [0.1, 0.15) is 24.8 Å². The average Bonchev–Trinajstić information content (AvgIpc) is 2.93. The third-order valence-corrected chi connectivity index (χ3v) is 3.31. The molecule has 0 atom stereocenters. The summed E-state index contributed by atoms with van der Waals surface area (Å²) in [6.45, 7) is 2.26. The van der Waals surface area contributed by atoms with Gasteiger partial charge < -0.3 is 10.0 Å². The lowest BCUT2D eigenvalue weighted by Gasteiger charge is -2.15. The van der Waals surface area contributed by atoms with E-state index < -0.39 is 0 Å². The topological polar surface area (TPSA) is 41.3 Å². The minimum Gasteiger partial charge on any atom is -0.396 e. The lowest BCUT2D eigenvalue weighted by atomic mass is 10.2. The Bertz CT molecular complexity index is 495. The van der Waals surface area contributed by atoms with E-state index in [1.165, 1.54) is 5.56 Å². The summed E-state index contributed by atoms with van der Waals surface area (Å²) in [7, 11) is 2.12. The summed E-state index contributed by atoms with van der Waals surface area (Å²) in [5.74, 6) is 0. The van der Waals surface area contributed by atoms with Gasteiger partial charge in [0, 0.05) is 24.9 Å². The second-order valence-electron chi connectivity index (χ2n) is 5.15. The maximum absolute atomic E-state index is 8.75. The summed E-state index contributed by atoms with van der Waals surface area (Å²) >= 11 is 0. The van der Waals surface area contributed by atoms with Crippen molar-refractivity contribution in [1.82, 2.24) is 14.7 Å². The lowest BCUT2D eigenvalue weighted by molar-refractivity contribution is 0.271. The number of hydrogen-bond acceptors (Lipinski definition) is 3. The average molecular weight is 273 g/mol. The molecular weight excluding hydrogens is 250 g/mol. The molecule has 0 aliphatic heterocycles. The maximum Gasteiger partial charge on any atom is 0.0645 e. The number of hydrogen-bond donors (Lipinski definition) is 1. The van der Waals surface area contributed by atoms with Crippen LogP contribution in [-0.2, 0) is 6.54 Å². The fourth-order valence-corrected chi connectivity index (χ4v) is 2.22. The molecule has 0 saturated heterocycles. The second kappa shape index (κ2) is 7.82. The molecule has 0 bridgehead atoms. The van der Waals surface area contributed by atoms with E-state index in [4.69, 9.17) is 5.11 Å². The minimum atomic E-state index is 0.299. The number of rotatable bonds is 8. The molecule has 1 aromatic heterocycles. The smallest absolute Gasteiger partial charge is 0.0645 e. The van der Waals surface area contributed by atoms with Crippen LogP contribution < -0.4 is 0 Å². The maximum atomic E-state index is 8.75. The Morgan fingerprint density at radius 3 is 2.70 bits per heavy atom. The van der Waals surface area contributed by atoms with Gasteiger partial charge in [-0.3, -0.25) is 0 Å². The molecule has 0 saturated carbocycles. The molecule has 108 valence electrons. The molecule has 4 nitrogen and oxygen atoms in total. The quantitative estimate of drug-likeness (QED) is 0.751. The zero-order chi connectivity index (χ0) is 14.2. The Morgan fingerprint density at radius 2 is 1.95 bits per heavy atom. The first-order chi connectivity index (χ1) is 9.79. The highest BCUT2D eigenvalue weighted by Gasteiger charge is 2.04. The highest BCUT2D eigenvalue weighted by Crippen LogP contribution is 2.09. The highest BCUT2D eigenvalue weighted by atomic mass is 16.2. The van der Waals surface area contributed by atoms with E-state index in [1.54, 1.807) is 0 Å². The minimum absolute atomic E-state index is 0.299. The fraction of sp³-hybridized carbons (Fsp3) is 0.438. The normalized spacial score (nSPS) is 11.2. The molecule has 4 heteroatoms. The summed E-state index contributed by atoms with van der Waals surface area (Å²) in [5.41, 5.74) is 2.31. The molecule has 0 amide bonds. The van der Waals surface area contributed by atoms with Crippen molar-refractivity contribution >= 4 is 0 Å². The van der Waals surface area contributed by atoms with Crippen molar-refractivity contribution in [2.45, 2.75) is 25.8 Å². The van der Waals surface area contributed by atoms with Crippen molar-refractivity contribution in [3.63, 3.8) is 0 Å². The van der Waals surface area contributed by atoms with E-state index in [0.717, 1.165) is 38.0 Å². The van der Waals surface area contributed by atoms with Crippen LogP contribution in [0.3, 0.4) is 0 Å². The van der Waals surface area contributed by atoms with E-state index >= 15 is 0 Å². The number of unbranched alkanes of at least 4 members (excludes halogenated alkanes) is 2. The van der Waals surface area contributed by atoms with Crippen LogP contribution in [0.25, 0.3) is 5.69 Å². The molecule has 1 N–H and O–H groups in total. The van der Waals surface area contributed by atoms with Gasteiger partial charge in [-0.25, -0.2) is 4.68 Å². The van der Waals surface area contributed by atoms with Gasteiger partial charge in [-0.1, -0.05) is 18.2 Å². The number of nitrogens with zero attached hydrogens (tertiary/aromatic N) is 3. The van der Waals surface area contributed by atoms with Crippen molar-refractivity contribution in [3.8, 4) is 5.69 Å². The fourth-order valence-electron chi connectivity index (χ4n) is 2.22. The highest BCUT2D eigenvalue weighted by molar-refractivity contribution is 5.30. The SMILES string of the molecule is CN(CCCCCO)Cc1cnn(-c2ccccc2)c1. The predicted octanol–water partition coefficient (Wildman–Crippen LogP) is 2.47. The number of aliphatic hydroxyl groups excluding tert-OH is 1. The number of benzene rings is 1. The summed E-state index contributed by atoms with van der Waals surface area (Å²) in [6.07, 6.45) is 7.13. The number of para-hydroxylation sites is 1. The first kappa shape index (κ1) is 14.8. The van der Waals surface area contributed by atoms with Crippen molar-refractivity contribution < 1.29 is 5.11 Å². The third kappa shape index (κ3) is 4.47. The van der Waals surface area contributed by atoms with Crippen molar-refractivity contribution in [2.75, 3.05) is 20.2 Å². The first-order valence-electron chi connectivity index (χ1n) is 7.18. The first-order valence-corrected chi connectivity index (χ1v) is 7.18. The standard InChI is InChI=1S/C16H23N3O/c1-18(10-6-3-7-11-20)13-15-12-17-19(14-15)16-8-4-2-5-9-16/h2,4-5,8-9,12,14,20H,3,6-7,10-11,13H2,1H3. The van der Waals surface area contributed by atoms with Crippen LogP contribution in [0.5, 0.6) is 0 Å². The van der Waals surface area contributed by atoms with Gasteiger partial charge in [0.25, 0.3) is 0 Å². The van der Waals surface area contributed by atoms with Gasteiger partial charge in [-0.2, -0.15) is 5.10 Å². The zero-order valence-corrected chi connectivity index (χ0v) is 12.1.